The quantitative estimate of drug-likeness (QED) is 0.825. The van der Waals surface area contributed by atoms with Crippen molar-refractivity contribution in [1.82, 2.24) is 5.32 Å². The Bertz CT molecular complexity index is 508. The number of ether oxygens (including phenoxy) is 4. The molecule has 0 amide bonds. The first-order valence-corrected chi connectivity index (χ1v) is 6.32. The summed E-state index contributed by atoms with van der Waals surface area (Å²) < 4.78 is 22.1. The van der Waals surface area contributed by atoms with Gasteiger partial charge in [0, 0.05) is 31.7 Å². The maximum Gasteiger partial charge on any atom is 0.255 e. The molecule has 0 atom stereocenters. The minimum atomic E-state index is -0.925. The van der Waals surface area contributed by atoms with Crippen molar-refractivity contribution in [3.8, 4) is 11.5 Å². The number of nitrogens with one attached hydrogen (secondary N) is 1. The van der Waals surface area contributed by atoms with Gasteiger partial charge in [-0.1, -0.05) is 13.8 Å². The summed E-state index contributed by atoms with van der Waals surface area (Å²) in [6.45, 7) is 5.37. The fraction of sp³-hybridized carbons (Fsp3) is 0.571. The van der Waals surface area contributed by atoms with Gasteiger partial charge in [0.15, 0.2) is 11.5 Å². The molecule has 0 unspecified atom stereocenters. The zero-order valence-electron chi connectivity index (χ0n) is 11.7. The van der Waals surface area contributed by atoms with Crippen LogP contribution in [0.1, 0.15) is 25.0 Å². The summed E-state index contributed by atoms with van der Waals surface area (Å²) in [6.07, 6.45) is 0. The van der Waals surface area contributed by atoms with Gasteiger partial charge in [0.25, 0.3) is 5.91 Å². The predicted octanol–water partition coefficient (Wildman–Crippen LogP) is 1.70. The maximum absolute atomic E-state index is 5.58. The van der Waals surface area contributed by atoms with E-state index in [0.717, 1.165) is 29.2 Å². The van der Waals surface area contributed by atoms with E-state index < -0.39 is 5.91 Å². The maximum atomic E-state index is 5.58. The van der Waals surface area contributed by atoms with Crippen molar-refractivity contribution in [2.24, 2.45) is 0 Å². The third kappa shape index (κ3) is 1.73. The largest absolute Gasteiger partial charge is 0.454 e. The van der Waals surface area contributed by atoms with E-state index in [1.54, 1.807) is 14.2 Å². The highest BCUT2D eigenvalue weighted by atomic mass is 16.7. The lowest BCUT2D eigenvalue weighted by atomic mass is 9.77. The highest BCUT2D eigenvalue weighted by molar-refractivity contribution is 5.53. The fourth-order valence-corrected chi connectivity index (χ4v) is 2.75. The van der Waals surface area contributed by atoms with Crippen LogP contribution >= 0.6 is 0 Å². The van der Waals surface area contributed by atoms with Gasteiger partial charge in [-0.15, -0.1) is 0 Å². The Morgan fingerprint density at radius 2 is 1.63 bits per heavy atom. The van der Waals surface area contributed by atoms with Gasteiger partial charge >= 0.3 is 0 Å². The molecule has 0 aliphatic carbocycles. The molecule has 2 aliphatic rings. The lowest BCUT2D eigenvalue weighted by Crippen LogP contribution is -2.55. The number of fused-ring (bicyclic) bond motifs is 2. The van der Waals surface area contributed by atoms with Gasteiger partial charge in [0.1, 0.15) is 0 Å². The third-order valence-electron chi connectivity index (χ3n) is 3.93. The molecular weight excluding hydrogens is 246 g/mol. The Labute approximate surface area is 112 Å². The SMILES string of the molecule is COC1(OC)NCC(C)(C)c2cc3c(cc21)OCO3. The van der Waals surface area contributed by atoms with Crippen molar-refractivity contribution in [3.63, 3.8) is 0 Å². The monoisotopic (exact) mass is 265 g/mol. The zero-order valence-corrected chi connectivity index (χ0v) is 11.7. The van der Waals surface area contributed by atoms with Crippen LogP contribution in [0, 0.1) is 0 Å². The molecule has 0 radical (unpaired) electrons. The van der Waals surface area contributed by atoms with E-state index in [2.05, 4.69) is 19.2 Å². The van der Waals surface area contributed by atoms with Crippen LogP contribution in [-0.2, 0) is 20.8 Å². The second-order valence-electron chi connectivity index (χ2n) is 5.51. The van der Waals surface area contributed by atoms with Crippen molar-refractivity contribution < 1.29 is 18.9 Å². The first-order chi connectivity index (χ1) is 9.02. The summed E-state index contributed by atoms with van der Waals surface area (Å²) in [7, 11) is 3.26. The lowest BCUT2D eigenvalue weighted by Gasteiger charge is -2.43. The molecule has 1 aromatic carbocycles. The van der Waals surface area contributed by atoms with Crippen molar-refractivity contribution in [3.05, 3.63) is 23.3 Å². The van der Waals surface area contributed by atoms with Crippen LogP contribution in [0.2, 0.25) is 0 Å². The molecule has 0 fully saturated rings. The molecule has 0 saturated carbocycles. The molecule has 0 bridgehead atoms. The van der Waals surface area contributed by atoms with E-state index in [0.29, 0.717) is 0 Å². The molecule has 1 aromatic rings. The number of methoxy groups -OCH3 is 2. The standard InChI is InChI=1S/C14H19NO4/c1-13(2)7-15-14(16-3,17-4)10-6-12-11(5-9(10)13)18-8-19-12/h5-6,15H,7-8H2,1-4H3. The molecule has 2 heterocycles. The minimum absolute atomic E-state index is 0.0309. The molecule has 0 aromatic heterocycles. The molecular formula is C14H19NO4. The van der Waals surface area contributed by atoms with Crippen molar-refractivity contribution in [1.29, 1.82) is 0 Å². The smallest absolute Gasteiger partial charge is 0.255 e. The first-order valence-electron chi connectivity index (χ1n) is 6.32. The van der Waals surface area contributed by atoms with Gasteiger partial charge < -0.3 is 18.9 Å². The number of benzene rings is 1. The minimum Gasteiger partial charge on any atom is -0.454 e. The van der Waals surface area contributed by atoms with Crippen LogP contribution < -0.4 is 14.8 Å². The Morgan fingerprint density at radius 3 is 2.21 bits per heavy atom. The van der Waals surface area contributed by atoms with E-state index in [9.17, 15) is 0 Å². The normalized spacial score (nSPS) is 22.1. The summed E-state index contributed by atoms with van der Waals surface area (Å²) in [5, 5.41) is 3.33. The average Bonchev–Trinajstić information content (AvgIpc) is 2.86. The Balaban J connectivity index is 2.22. The zero-order chi connectivity index (χ0) is 13.7. The molecule has 5 heteroatoms. The molecule has 19 heavy (non-hydrogen) atoms. The van der Waals surface area contributed by atoms with Crippen LogP contribution in [0.25, 0.3) is 0 Å². The van der Waals surface area contributed by atoms with Crippen LogP contribution in [0.5, 0.6) is 11.5 Å². The molecule has 1 N–H and O–H groups in total. The topological polar surface area (TPSA) is 49.0 Å². The predicted molar refractivity (Wildman–Crippen MR) is 69.3 cm³/mol. The lowest BCUT2D eigenvalue weighted by molar-refractivity contribution is -0.244. The van der Waals surface area contributed by atoms with Gasteiger partial charge in [0.2, 0.25) is 6.79 Å². The molecule has 0 spiro atoms. The van der Waals surface area contributed by atoms with E-state index in [-0.39, 0.29) is 12.2 Å². The molecule has 104 valence electrons. The van der Waals surface area contributed by atoms with Crippen LogP contribution in [0.3, 0.4) is 0 Å². The van der Waals surface area contributed by atoms with Crippen molar-refractivity contribution >= 4 is 0 Å². The van der Waals surface area contributed by atoms with Gasteiger partial charge in [-0.05, 0) is 17.7 Å². The molecule has 0 saturated heterocycles. The fourth-order valence-electron chi connectivity index (χ4n) is 2.75. The summed E-state index contributed by atoms with van der Waals surface area (Å²) in [4.78, 5) is 0. The van der Waals surface area contributed by atoms with Crippen LogP contribution in [-0.4, -0.2) is 27.6 Å². The van der Waals surface area contributed by atoms with E-state index in [1.807, 2.05) is 12.1 Å². The molecule has 2 aliphatic heterocycles. The highest BCUT2D eigenvalue weighted by Gasteiger charge is 2.44. The van der Waals surface area contributed by atoms with Gasteiger partial charge in [-0.2, -0.15) is 0 Å². The Morgan fingerprint density at radius 1 is 1.05 bits per heavy atom. The molecule has 3 rings (SSSR count). The molecule has 5 nitrogen and oxygen atoms in total. The second-order valence-corrected chi connectivity index (χ2v) is 5.51. The van der Waals surface area contributed by atoms with Crippen molar-refractivity contribution in [2.45, 2.75) is 25.2 Å². The van der Waals surface area contributed by atoms with E-state index in [1.165, 1.54) is 0 Å². The van der Waals surface area contributed by atoms with Gasteiger partial charge in [0.05, 0.1) is 0 Å². The van der Waals surface area contributed by atoms with Crippen LogP contribution in [0.4, 0.5) is 0 Å². The summed E-state index contributed by atoms with van der Waals surface area (Å²) >= 11 is 0. The Kier molecular flexibility index (Phi) is 2.74. The Hall–Kier alpha value is -1.30. The second kappa shape index (κ2) is 4.10. The van der Waals surface area contributed by atoms with E-state index in [4.69, 9.17) is 18.9 Å². The number of hydrogen-bond acceptors (Lipinski definition) is 5. The summed E-state index contributed by atoms with van der Waals surface area (Å²) in [6, 6.07) is 3.98. The van der Waals surface area contributed by atoms with Crippen LogP contribution in [0.15, 0.2) is 12.1 Å². The summed E-state index contributed by atoms with van der Waals surface area (Å²) in [5.41, 5.74) is 2.06. The third-order valence-corrected chi connectivity index (χ3v) is 3.93. The number of rotatable bonds is 2. The summed E-state index contributed by atoms with van der Waals surface area (Å²) in [5.74, 6) is 0.595. The highest BCUT2D eigenvalue weighted by Crippen LogP contribution is 2.45. The van der Waals surface area contributed by atoms with Gasteiger partial charge in [-0.3, -0.25) is 5.32 Å². The van der Waals surface area contributed by atoms with E-state index >= 15 is 0 Å². The van der Waals surface area contributed by atoms with Crippen molar-refractivity contribution in [2.75, 3.05) is 27.6 Å². The first kappa shape index (κ1) is 12.7. The number of hydrogen-bond donors (Lipinski definition) is 1. The van der Waals surface area contributed by atoms with Gasteiger partial charge in [-0.25, -0.2) is 0 Å². The average molecular weight is 265 g/mol.